The second-order valence-corrected chi connectivity index (χ2v) is 7.28. The number of carbonyl (C=O) groups is 2. The fraction of sp³-hybridized carbons (Fsp3) is 0.619. The first-order chi connectivity index (χ1) is 13.0. The normalized spacial score (nSPS) is 16.9. The summed E-state index contributed by atoms with van der Waals surface area (Å²) in [4.78, 5) is 26.2. The first kappa shape index (κ1) is 21.2. The highest BCUT2D eigenvalue weighted by Crippen LogP contribution is 2.19. The second-order valence-electron chi connectivity index (χ2n) is 7.28. The average molecular weight is 376 g/mol. The molecular formula is C21H33N3O3. The van der Waals surface area contributed by atoms with E-state index >= 15 is 0 Å². The van der Waals surface area contributed by atoms with Gasteiger partial charge in [-0.1, -0.05) is 6.07 Å². The van der Waals surface area contributed by atoms with Crippen LogP contribution in [0.3, 0.4) is 0 Å². The lowest BCUT2D eigenvalue weighted by atomic mass is 10.0. The van der Waals surface area contributed by atoms with Crippen LogP contribution in [0.25, 0.3) is 0 Å². The van der Waals surface area contributed by atoms with E-state index in [2.05, 4.69) is 19.2 Å². The first-order valence-electron chi connectivity index (χ1n) is 9.97. The van der Waals surface area contributed by atoms with E-state index < -0.39 is 0 Å². The first-order valence-corrected chi connectivity index (χ1v) is 9.97. The number of hydrogen-bond acceptors (Lipinski definition) is 4. The summed E-state index contributed by atoms with van der Waals surface area (Å²) in [5.41, 5.74) is 7.85. The molecule has 1 saturated heterocycles. The molecule has 1 aromatic carbocycles. The minimum Gasteiger partial charge on any atom is -0.494 e. The summed E-state index contributed by atoms with van der Waals surface area (Å²) in [6.45, 7) is 6.30. The molecule has 3 N–H and O–H groups in total. The Bertz CT molecular complexity index is 633. The minimum atomic E-state index is -0.0442. The molecule has 27 heavy (non-hydrogen) atoms. The Kier molecular flexibility index (Phi) is 8.58. The number of nitrogens with two attached hydrogens (primary N) is 1. The van der Waals surface area contributed by atoms with Crippen molar-refractivity contribution in [2.45, 2.75) is 58.4 Å². The van der Waals surface area contributed by atoms with Gasteiger partial charge < -0.3 is 20.7 Å². The summed E-state index contributed by atoms with van der Waals surface area (Å²) >= 11 is 0. The largest absolute Gasteiger partial charge is 0.494 e. The molecule has 1 aliphatic heterocycles. The van der Waals surface area contributed by atoms with Crippen LogP contribution in [0, 0.1) is 13.8 Å². The predicted molar refractivity (Wildman–Crippen MR) is 107 cm³/mol. The van der Waals surface area contributed by atoms with Gasteiger partial charge in [0.05, 0.1) is 6.61 Å². The molecule has 0 spiro atoms. The van der Waals surface area contributed by atoms with E-state index in [1.54, 1.807) is 0 Å². The maximum atomic E-state index is 12.6. The Morgan fingerprint density at radius 3 is 2.78 bits per heavy atom. The summed E-state index contributed by atoms with van der Waals surface area (Å²) < 4.78 is 5.77. The monoisotopic (exact) mass is 375 g/mol. The van der Waals surface area contributed by atoms with Crippen LogP contribution in [0.2, 0.25) is 0 Å². The maximum Gasteiger partial charge on any atom is 0.223 e. The third-order valence-corrected chi connectivity index (χ3v) is 5.14. The van der Waals surface area contributed by atoms with E-state index in [0.717, 1.165) is 31.6 Å². The van der Waals surface area contributed by atoms with Crippen LogP contribution in [0.5, 0.6) is 5.75 Å². The van der Waals surface area contributed by atoms with Crippen LogP contribution in [-0.2, 0) is 9.59 Å². The number of benzene rings is 1. The fourth-order valence-corrected chi connectivity index (χ4v) is 3.35. The van der Waals surface area contributed by atoms with Gasteiger partial charge in [0.1, 0.15) is 5.75 Å². The Balaban J connectivity index is 1.75. The van der Waals surface area contributed by atoms with Crippen molar-refractivity contribution in [3.63, 3.8) is 0 Å². The van der Waals surface area contributed by atoms with Gasteiger partial charge in [-0.25, -0.2) is 0 Å². The van der Waals surface area contributed by atoms with Crippen molar-refractivity contribution in [3.8, 4) is 5.75 Å². The molecule has 1 aliphatic rings. The van der Waals surface area contributed by atoms with Gasteiger partial charge in [0.25, 0.3) is 0 Å². The smallest absolute Gasteiger partial charge is 0.223 e. The molecule has 1 aromatic rings. The molecule has 0 aromatic heterocycles. The van der Waals surface area contributed by atoms with E-state index in [0.29, 0.717) is 39.0 Å². The molecule has 1 unspecified atom stereocenters. The molecule has 1 atom stereocenters. The van der Waals surface area contributed by atoms with E-state index in [9.17, 15) is 9.59 Å². The molecule has 1 heterocycles. The number of piperidine rings is 1. The zero-order valence-electron chi connectivity index (χ0n) is 16.6. The number of rotatable bonds is 9. The Hall–Kier alpha value is -2.08. The Labute approximate surface area is 162 Å². The molecular weight excluding hydrogens is 342 g/mol. The van der Waals surface area contributed by atoms with Crippen molar-refractivity contribution in [1.82, 2.24) is 10.2 Å². The van der Waals surface area contributed by atoms with Gasteiger partial charge in [0.15, 0.2) is 0 Å². The molecule has 0 saturated carbocycles. The maximum absolute atomic E-state index is 12.6. The van der Waals surface area contributed by atoms with Crippen molar-refractivity contribution < 1.29 is 14.3 Å². The van der Waals surface area contributed by atoms with Crippen LogP contribution in [0.4, 0.5) is 0 Å². The van der Waals surface area contributed by atoms with Crippen molar-refractivity contribution in [2.24, 2.45) is 5.73 Å². The lowest BCUT2D eigenvalue weighted by Crippen LogP contribution is -2.49. The molecule has 2 amide bonds. The van der Waals surface area contributed by atoms with Gasteiger partial charge in [-0.15, -0.1) is 0 Å². The number of ether oxygens (including phenoxy) is 1. The Morgan fingerprint density at radius 1 is 1.22 bits per heavy atom. The summed E-state index contributed by atoms with van der Waals surface area (Å²) in [6, 6.07) is 6.14. The number of amides is 2. The summed E-state index contributed by atoms with van der Waals surface area (Å²) in [6.07, 6.45) is 4.55. The lowest BCUT2D eigenvalue weighted by molar-refractivity contribution is -0.135. The molecule has 0 aliphatic carbocycles. The topological polar surface area (TPSA) is 84.7 Å². The van der Waals surface area contributed by atoms with E-state index in [1.807, 2.05) is 23.1 Å². The highest BCUT2D eigenvalue weighted by Gasteiger charge is 2.26. The molecule has 1 fully saturated rings. The van der Waals surface area contributed by atoms with Crippen molar-refractivity contribution >= 4 is 11.8 Å². The third kappa shape index (κ3) is 6.86. The van der Waals surface area contributed by atoms with Crippen molar-refractivity contribution in [2.75, 3.05) is 26.2 Å². The van der Waals surface area contributed by atoms with Crippen LogP contribution in [0.15, 0.2) is 18.2 Å². The lowest BCUT2D eigenvalue weighted by Gasteiger charge is -2.36. The fourth-order valence-electron chi connectivity index (χ4n) is 3.35. The van der Waals surface area contributed by atoms with Crippen molar-refractivity contribution in [3.05, 3.63) is 29.3 Å². The van der Waals surface area contributed by atoms with Gasteiger partial charge in [-0.05, 0) is 62.8 Å². The van der Waals surface area contributed by atoms with Gasteiger partial charge in [0, 0.05) is 38.5 Å². The number of nitrogens with zero attached hydrogens (tertiary/aromatic N) is 1. The second kappa shape index (κ2) is 10.9. The molecule has 150 valence electrons. The number of carbonyl (C=O) groups excluding carboxylic acids is 2. The van der Waals surface area contributed by atoms with Gasteiger partial charge in [-0.3, -0.25) is 9.59 Å². The zero-order valence-corrected chi connectivity index (χ0v) is 16.6. The Morgan fingerprint density at radius 2 is 2.04 bits per heavy atom. The van der Waals surface area contributed by atoms with Gasteiger partial charge in [-0.2, -0.15) is 0 Å². The highest BCUT2D eigenvalue weighted by molar-refractivity contribution is 5.77. The number of nitrogens with one attached hydrogen (secondary N) is 1. The molecule has 6 heteroatoms. The van der Waals surface area contributed by atoms with Crippen molar-refractivity contribution in [1.29, 1.82) is 0 Å². The highest BCUT2D eigenvalue weighted by atomic mass is 16.5. The zero-order chi connectivity index (χ0) is 19.6. The summed E-state index contributed by atoms with van der Waals surface area (Å²) in [5, 5.41) is 2.90. The summed E-state index contributed by atoms with van der Waals surface area (Å²) in [5.74, 6) is 0.956. The van der Waals surface area contributed by atoms with Crippen LogP contribution < -0.4 is 15.8 Å². The average Bonchev–Trinajstić information content (AvgIpc) is 2.66. The quantitative estimate of drug-likeness (QED) is 0.649. The SMILES string of the molecule is Cc1ccc(OCCCC(=O)N2CCCCC2CNC(=O)CCN)cc1C. The molecule has 0 radical (unpaired) electrons. The minimum absolute atomic E-state index is 0.0442. The third-order valence-electron chi connectivity index (χ3n) is 5.14. The number of aryl methyl sites for hydroxylation is 2. The van der Waals surface area contributed by atoms with E-state index in [-0.39, 0.29) is 17.9 Å². The van der Waals surface area contributed by atoms with Crippen LogP contribution >= 0.6 is 0 Å². The van der Waals surface area contributed by atoms with Gasteiger partial charge >= 0.3 is 0 Å². The number of likely N-dealkylation sites (tertiary alicyclic amines) is 1. The number of hydrogen-bond donors (Lipinski definition) is 2. The molecule has 2 rings (SSSR count). The van der Waals surface area contributed by atoms with Gasteiger partial charge in [0.2, 0.25) is 11.8 Å². The van der Waals surface area contributed by atoms with Crippen LogP contribution in [-0.4, -0.2) is 49.0 Å². The summed E-state index contributed by atoms with van der Waals surface area (Å²) in [7, 11) is 0. The van der Waals surface area contributed by atoms with E-state index in [4.69, 9.17) is 10.5 Å². The molecule has 6 nitrogen and oxygen atoms in total. The predicted octanol–water partition coefficient (Wildman–Crippen LogP) is 2.31. The molecule has 0 bridgehead atoms. The van der Waals surface area contributed by atoms with E-state index in [1.165, 1.54) is 11.1 Å². The van der Waals surface area contributed by atoms with Crippen LogP contribution in [0.1, 0.15) is 49.7 Å². The standard InChI is InChI=1S/C21H33N3O3/c1-16-8-9-19(14-17(16)2)27-13-5-7-21(26)24-12-4-3-6-18(24)15-23-20(25)10-11-22/h8-9,14,18H,3-7,10-13,15,22H2,1-2H3,(H,23,25).